The van der Waals surface area contributed by atoms with Crippen molar-refractivity contribution in [3.8, 4) is 11.5 Å². The average Bonchev–Trinajstić information content (AvgIpc) is 2.75. The van der Waals surface area contributed by atoms with Gasteiger partial charge in [0.1, 0.15) is 11.5 Å². The number of carbonyl (C=O) groups excluding carboxylic acids is 1. The molecule has 0 fully saturated rings. The van der Waals surface area contributed by atoms with Crippen LogP contribution >= 0.6 is 0 Å². The molecule has 0 spiro atoms. The molecule has 2 rings (SSSR count). The fourth-order valence-electron chi connectivity index (χ4n) is 2.98. The smallest absolute Gasteiger partial charge is 0.255 e. The highest BCUT2D eigenvalue weighted by Gasteiger charge is 2.23. The largest absolute Gasteiger partial charge is 0.497 e. The summed E-state index contributed by atoms with van der Waals surface area (Å²) in [6.45, 7) is 6.81. The molecule has 0 heterocycles. The van der Waals surface area contributed by atoms with E-state index in [1.165, 1.54) is 30.7 Å². The van der Waals surface area contributed by atoms with E-state index in [1.807, 2.05) is 6.92 Å². The molecular weight excluding hydrogens is 406 g/mol. The molecule has 0 aliphatic heterocycles. The zero-order valence-corrected chi connectivity index (χ0v) is 18.8. The second-order valence-electron chi connectivity index (χ2n) is 6.38. The highest BCUT2D eigenvalue weighted by Crippen LogP contribution is 2.29. The summed E-state index contributed by atoms with van der Waals surface area (Å²) in [6.07, 6.45) is 0. The van der Waals surface area contributed by atoms with Crippen molar-refractivity contribution < 1.29 is 22.7 Å². The van der Waals surface area contributed by atoms with Crippen molar-refractivity contribution in [3.63, 3.8) is 0 Å². The van der Waals surface area contributed by atoms with E-state index in [2.05, 4.69) is 10.6 Å². The van der Waals surface area contributed by atoms with E-state index in [9.17, 15) is 13.2 Å². The Balaban J connectivity index is 2.46. The first-order valence-corrected chi connectivity index (χ1v) is 11.2. The molecule has 0 saturated heterocycles. The third-order valence-corrected chi connectivity index (χ3v) is 6.61. The topological polar surface area (TPSA) is 97.0 Å². The van der Waals surface area contributed by atoms with Crippen LogP contribution in [0, 0.1) is 0 Å². The summed E-state index contributed by atoms with van der Waals surface area (Å²) in [5.41, 5.74) is 1.32. The van der Waals surface area contributed by atoms with Gasteiger partial charge in [-0.05, 0) is 37.3 Å². The van der Waals surface area contributed by atoms with E-state index in [0.29, 0.717) is 48.1 Å². The van der Waals surface area contributed by atoms with Gasteiger partial charge in [-0.15, -0.1) is 0 Å². The monoisotopic (exact) mass is 435 g/mol. The van der Waals surface area contributed by atoms with Crippen LogP contribution in [0.5, 0.6) is 11.5 Å². The Morgan fingerprint density at radius 3 is 2.03 bits per heavy atom. The maximum Gasteiger partial charge on any atom is 0.255 e. The molecule has 8 nitrogen and oxygen atoms in total. The van der Waals surface area contributed by atoms with Crippen LogP contribution in [0.4, 0.5) is 11.4 Å². The van der Waals surface area contributed by atoms with Crippen LogP contribution in [-0.4, -0.2) is 52.5 Å². The summed E-state index contributed by atoms with van der Waals surface area (Å²) < 4.78 is 37.6. The van der Waals surface area contributed by atoms with Crippen molar-refractivity contribution in [1.29, 1.82) is 0 Å². The molecule has 9 heteroatoms. The van der Waals surface area contributed by atoms with Gasteiger partial charge in [0.15, 0.2) is 0 Å². The summed E-state index contributed by atoms with van der Waals surface area (Å²) in [6, 6.07) is 9.50. The van der Waals surface area contributed by atoms with E-state index >= 15 is 0 Å². The maximum atomic E-state index is 12.9. The molecule has 164 valence electrons. The molecule has 0 aliphatic carbocycles. The van der Waals surface area contributed by atoms with Gasteiger partial charge in [-0.25, -0.2) is 8.42 Å². The van der Waals surface area contributed by atoms with Crippen LogP contribution in [0.25, 0.3) is 0 Å². The van der Waals surface area contributed by atoms with Gasteiger partial charge in [-0.3, -0.25) is 4.79 Å². The second kappa shape index (κ2) is 10.3. The van der Waals surface area contributed by atoms with Crippen molar-refractivity contribution in [2.24, 2.45) is 0 Å². The number of amides is 1. The second-order valence-corrected chi connectivity index (χ2v) is 8.32. The first-order chi connectivity index (χ1) is 14.3. The lowest BCUT2D eigenvalue weighted by Crippen LogP contribution is -2.30. The van der Waals surface area contributed by atoms with Crippen molar-refractivity contribution in [2.45, 2.75) is 25.7 Å². The number of benzene rings is 2. The number of nitrogens with one attached hydrogen (secondary N) is 2. The third kappa shape index (κ3) is 5.22. The van der Waals surface area contributed by atoms with Crippen LogP contribution in [0.15, 0.2) is 41.3 Å². The van der Waals surface area contributed by atoms with Gasteiger partial charge in [0, 0.05) is 31.3 Å². The van der Waals surface area contributed by atoms with Crippen LogP contribution < -0.4 is 20.1 Å². The Hall–Kier alpha value is -2.78. The molecule has 30 heavy (non-hydrogen) atoms. The number of hydrogen-bond acceptors (Lipinski definition) is 6. The zero-order valence-electron chi connectivity index (χ0n) is 18.0. The lowest BCUT2D eigenvalue weighted by molar-refractivity contribution is 0.102. The van der Waals surface area contributed by atoms with Crippen LogP contribution in [0.3, 0.4) is 0 Å². The molecule has 0 radical (unpaired) electrons. The number of ether oxygens (including phenoxy) is 2. The van der Waals surface area contributed by atoms with Gasteiger partial charge in [0.2, 0.25) is 10.0 Å². The molecule has 2 N–H and O–H groups in total. The van der Waals surface area contributed by atoms with Gasteiger partial charge >= 0.3 is 0 Å². The zero-order chi connectivity index (χ0) is 22.3. The molecule has 2 aromatic carbocycles. The standard InChI is InChI=1S/C21H29N3O5S/c1-6-22-19-10-9-18(30(26,27)24(7-2)8-3)14-20(19)23-21(25)15-11-16(28-4)13-17(12-15)29-5/h9-14,22H,6-8H2,1-5H3,(H,23,25). The Bertz CT molecular complexity index is 966. The normalized spacial score (nSPS) is 11.3. The SMILES string of the molecule is CCNc1ccc(S(=O)(=O)N(CC)CC)cc1NC(=O)c1cc(OC)cc(OC)c1. The van der Waals surface area contributed by atoms with Crippen molar-refractivity contribution in [1.82, 2.24) is 4.31 Å². The minimum absolute atomic E-state index is 0.117. The van der Waals surface area contributed by atoms with Gasteiger partial charge in [-0.1, -0.05) is 13.8 Å². The van der Waals surface area contributed by atoms with Gasteiger partial charge in [0.05, 0.1) is 30.5 Å². The third-order valence-electron chi connectivity index (χ3n) is 4.56. The Kier molecular flexibility index (Phi) is 8.08. The van der Waals surface area contributed by atoms with Gasteiger partial charge in [0.25, 0.3) is 5.91 Å². The number of carbonyl (C=O) groups is 1. The number of methoxy groups -OCH3 is 2. The van der Waals surface area contributed by atoms with E-state index in [0.717, 1.165) is 0 Å². The number of sulfonamides is 1. The van der Waals surface area contributed by atoms with Crippen LogP contribution in [0.1, 0.15) is 31.1 Å². The predicted octanol–water partition coefficient (Wildman–Crippen LogP) is 3.42. The Morgan fingerprint density at radius 2 is 1.53 bits per heavy atom. The fourth-order valence-corrected chi connectivity index (χ4v) is 4.46. The highest BCUT2D eigenvalue weighted by molar-refractivity contribution is 7.89. The maximum absolute atomic E-state index is 12.9. The first-order valence-electron chi connectivity index (χ1n) is 9.73. The molecule has 0 bridgehead atoms. The number of nitrogens with zero attached hydrogens (tertiary/aromatic N) is 1. The van der Waals surface area contributed by atoms with E-state index in [1.54, 1.807) is 38.1 Å². The predicted molar refractivity (Wildman–Crippen MR) is 118 cm³/mol. The Morgan fingerprint density at radius 1 is 0.933 bits per heavy atom. The molecule has 0 unspecified atom stereocenters. The molecule has 0 aliphatic rings. The van der Waals surface area contributed by atoms with E-state index in [-0.39, 0.29) is 4.90 Å². The number of hydrogen-bond donors (Lipinski definition) is 2. The van der Waals surface area contributed by atoms with E-state index in [4.69, 9.17) is 9.47 Å². The van der Waals surface area contributed by atoms with Crippen LogP contribution in [-0.2, 0) is 10.0 Å². The van der Waals surface area contributed by atoms with Crippen molar-refractivity contribution >= 4 is 27.3 Å². The summed E-state index contributed by atoms with van der Waals surface area (Å²) in [5.74, 6) is 0.539. The first kappa shape index (κ1) is 23.5. The summed E-state index contributed by atoms with van der Waals surface area (Å²) in [4.78, 5) is 13.0. The van der Waals surface area contributed by atoms with E-state index < -0.39 is 15.9 Å². The highest BCUT2D eigenvalue weighted by atomic mass is 32.2. The van der Waals surface area contributed by atoms with Crippen LogP contribution in [0.2, 0.25) is 0 Å². The summed E-state index contributed by atoms with van der Waals surface area (Å²) in [5, 5.41) is 5.95. The minimum Gasteiger partial charge on any atom is -0.497 e. The minimum atomic E-state index is -3.66. The fraction of sp³-hybridized carbons (Fsp3) is 0.381. The molecule has 0 aromatic heterocycles. The molecule has 0 atom stereocenters. The summed E-state index contributed by atoms with van der Waals surface area (Å²) >= 11 is 0. The van der Waals surface area contributed by atoms with Crippen molar-refractivity contribution in [2.75, 3.05) is 44.5 Å². The van der Waals surface area contributed by atoms with Gasteiger partial charge in [-0.2, -0.15) is 4.31 Å². The van der Waals surface area contributed by atoms with Crippen molar-refractivity contribution in [3.05, 3.63) is 42.0 Å². The molecule has 0 saturated carbocycles. The average molecular weight is 436 g/mol. The number of rotatable bonds is 10. The number of anilines is 2. The molecular formula is C21H29N3O5S. The molecule has 2 aromatic rings. The molecule has 1 amide bonds. The summed E-state index contributed by atoms with van der Waals surface area (Å²) in [7, 11) is -0.660. The van der Waals surface area contributed by atoms with Gasteiger partial charge < -0.3 is 20.1 Å². The lowest BCUT2D eigenvalue weighted by atomic mass is 10.1. The Labute approximate surface area is 178 Å². The quantitative estimate of drug-likeness (QED) is 0.594. The lowest BCUT2D eigenvalue weighted by Gasteiger charge is -2.20.